The molecule has 2 heterocycles. The van der Waals surface area contributed by atoms with Crippen molar-refractivity contribution in [3.8, 4) is 22.5 Å². The van der Waals surface area contributed by atoms with Gasteiger partial charge in [0, 0.05) is 49.2 Å². The second-order valence-corrected chi connectivity index (χ2v) is 20.0. The van der Waals surface area contributed by atoms with Crippen molar-refractivity contribution in [3.05, 3.63) is 94.8 Å². The maximum Gasteiger partial charge on any atom is 2.00 e. The first-order valence-corrected chi connectivity index (χ1v) is 24.1. The molecule has 0 aliphatic heterocycles. The molecule has 0 spiro atoms. The van der Waals surface area contributed by atoms with Gasteiger partial charge in [-0.25, -0.2) is 54.2 Å². The number of carboxylic acids is 2. The normalized spacial score (nSPS) is 12.3. The Morgan fingerprint density at radius 1 is 0.627 bits per heavy atom. The number of benzene rings is 2. The van der Waals surface area contributed by atoms with Gasteiger partial charge in [-0.05, 0) is 86.1 Å². The number of aliphatic hydroxyl groups is 4. The quantitative estimate of drug-likeness (QED) is 0.0562. The minimum absolute atomic E-state index is 0. The molecule has 0 fully saturated rings. The molecule has 4 rings (SSSR count). The Morgan fingerprint density at radius 3 is 1.18 bits per heavy atom. The first kappa shape index (κ1) is 58.6. The number of sulfonamides is 2. The molecule has 23 heteroatoms. The third kappa shape index (κ3) is 16.9. The van der Waals surface area contributed by atoms with E-state index >= 15 is 0 Å². The first-order chi connectivity index (χ1) is 30.5. The van der Waals surface area contributed by atoms with Gasteiger partial charge in [0.05, 0.1) is 35.3 Å². The monoisotopic (exact) mass is 1000 g/mol. The fourth-order valence-corrected chi connectivity index (χ4v) is 6.69. The number of rotatable bonds is 20. The van der Waals surface area contributed by atoms with Crippen molar-refractivity contribution in [1.82, 2.24) is 19.9 Å². The molecule has 0 saturated carbocycles. The Bertz CT molecular complexity index is 2450. The zero-order valence-electron chi connectivity index (χ0n) is 38.3. The van der Waals surface area contributed by atoms with Crippen molar-refractivity contribution in [2.45, 2.75) is 89.6 Å². The van der Waals surface area contributed by atoms with Crippen molar-refractivity contribution in [2.24, 2.45) is 0 Å². The minimum Gasteiger partial charge on any atom is -0.544 e. The van der Waals surface area contributed by atoms with Crippen molar-refractivity contribution < 1.29 is 65.8 Å². The molecule has 0 atom stereocenters. The summed E-state index contributed by atoms with van der Waals surface area (Å²) in [5.41, 5.74) is 4.16. The summed E-state index contributed by atoms with van der Waals surface area (Å²) >= 11 is 0. The molecule has 0 amide bonds. The number of halogens is 2. The third-order valence-corrected chi connectivity index (χ3v) is 12.1. The largest absolute Gasteiger partial charge is 2.00 e. The zero-order valence-corrected chi connectivity index (χ0v) is 42.2. The van der Waals surface area contributed by atoms with Crippen LogP contribution in [-0.2, 0) is 29.6 Å². The predicted molar refractivity (Wildman–Crippen MR) is 245 cm³/mol. The molecule has 0 saturated heterocycles. The van der Waals surface area contributed by atoms with Crippen molar-refractivity contribution in [1.29, 1.82) is 0 Å². The number of hydrogen-bond donors (Lipinski definition) is 4. The fraction of sp³-hybridized carbons (Fsp3) is 0.409. The number of anilines is 2. The molecule has 18 nitrogen and oxygen atoms in total. The number of hydrogen-bond acceptors (Lipinski definition) is 16. The summed E-state index contributed by atoms with van der Waals surface area (Å²) in [7, 11) is -4.59. The fourth-order valence-electron chi connectivity index (χ4n) is 5.93. The molecule has 0 aliphatic rings. The number of nitrogens with zero attached hydrogens (tertiary/aromatic N) is 6. The molecule has 2 aromatic heterocycles. The van der Waals surface area contributed by atoms with Gasteiger partial charge in [-0.15, -0.1) is 0 Å². The summed E-state index contributed by atoms with van der Waals surface area (Å²) in [6.45, 7) is 7.52. The van der Waals surface area contributed by atoms with E-state index in [1.807, 2.05) is 27.7 Å². The average molecular weight is 1000 g/mol. The SMILES string of the molecule is CC(C)c1nc(N(C)S(C)(=O)=O)nc(-c2ccc(F)cc2)c1C=CCCCC(O)(O)C(=O)[O-].CC(C)c1nc(N(C)S(C)(=O)=O)nc(-c2ccc(F)cc2)c1C=CCCCC(O)(O)C(=O)[O-].[Ca+2]. The van der Waals surface area contributed by atoms with E-state index in [0.717, 1.165) is 21.1 Å². The van der Waals surface area contributed by atoms with Gasteiger partial charge in [-0.3, -0.25) is 0 Å². The maximum absolute atomic E-state index is 13.5. The maximum atomic E-state index is 13.5. The van der Waals surface area contributed by atoms with Crippen molar-refractivity contribution >= 4 is 93.8 Å². The summed E-state index contributed by atoms with van der Waals surface area (Å²) < 4.78 is 77.1. The number of aromatic nitrogens is 4. The van der Waals surface area contributed by atoms with Gasteiger partial charge in [0.15, 0.2) is 0 Å². The standard InChI is InChI=1S/2C22H28FN3O6S.Ca/c2*1-14(2)18-17(8-6-5-7-13-22(29,30)20(27)28)19(15-9-11-16(23)12-10-15)25-21(24-18)26(3)33(4,31)32;/h2*6,8-12,14,29-30H,5,7,13H2,1-4H3,(H,27,28);/q;;+2/p-2. The van der Waals surface area contributed by atoms with E-state index in [-0.39, 0.29) is 74.3 Å². The minimum atomic E-state index is -3.63. The van der Waals surface area contributed by atoms with Crippen LogP contribution in [0.4, 0.5) is 20.7 Å². The molecule has 0 radical (unpaired) electrons. The Morgan fingerprint density at radius 2 is 0.925 bits per heavy atom. The smallest absolute Gasteiger partial charge is 0.544 e. The van der Waals surface area contributed by atoms with Crippen LogP contribution >= 0.6 is 0 Å². The number of unbranched alkanes of at least 4 members (excludes halogenated alkanes) is 2. The van der Waals surface area contributed by atoms with Crippen LogP contribution in [-0.4, -0.2) is 145 Å². The molecule has 4 aromatic rings. The van der Waals surface area contributed by atoms with E-state index in [1.54, 1.807) is 24.3 Å². The topological polar surface area (TPSA) is 287 Å². The summed E-state index contributed by atoms with van der Waals surface area (Å²) in [6.07, 6.45) is 8.94. The number of allylic oxidation sites excluding steroid dienone is 2. The van der Waals surface area contributed by atoms with E-state index < -0.39 is 68.0 Å². The average Bonchev–Trinajstić information content (AvgIpc) is 3.22. The van der Waals surface area contributed by atoms with E-state index in [0.29, 0.717) is 57.9 Å². The number of carbonyl (C=O) groups is 2. The molecule has 0 aliphatic carbocycles. The van der Waals surface area contributed by atoms with Gasteiger partial charge in [0.2, 0.25) is 43.5 Å². The molecule has 4 N–H and O–H groups in total. The van der Waals surface area contributed by atoms with Gasteiger partial charge in [0.25, 0.3) is 0 Å². The number of carboxylic acid groups (broad SMARTS) is 2. The van der Waals surface area contributed by atoms with Crippen LogP contribution in [0.5, 0.6) is 0 Å². The molecule has 2 aromatic carbocycles. The second kappa shape index (κ2) is 24.7. The van der Waals surface area contributed by atoms with Gasteiger partial charge in [0.1, 0.15) is 23.6 Å². The molecule has 0 unspecified atom stereocenters. The van der Waals surface area contributed by atoms with Gasteiger partial charge in [-0.2, -0.15) is 0 Å². The van der Waals surface area contributed by atoms with E-state index in [9.17, 15) is 65.8 Å². The van der Waals surface area contributed by atoms with Gasteiger partial charge < -0.3 is 40.2 Å². The van der Waals surface area contributed by atoms with Crippen molar-refractivity contribution in [2.75, 3.05) is 35.2 Å². The Kier molecular flexibility index (Phi) is 21.6. The van der Waals surface area contributed by atoms with Crippen LogP contribution < -0.4 is 18.8 Å². The van der Waals surface area contributed by atoms with Gasteiger partial charge >= 0.3 is 37.7 Å². The van der Waals surface area contributed by atoms with Crippen LogP contribution in [0, 0.1) is 11.6 Å². The molecular weight excluding hydrogens is 947 g/mol. The summed E-state index contributed by atoms with van der Waals surface area (Å²) in [6, 6.07) is 11.2. The third-order valence-electron chi connectivity index (χ3n) is 9.83. The van der Waals surface area contributed by atoms with Crippen LogP contribution in [0.2, 0.25) is 0 Å². The number of carbonyl (C=O) groups excluding carboxylic acids is 2. The molecular formula is C44H54CaF2N6O12S2. The Labute approximate surface area is 418 Å². The summed E-state index contributed by atoms with van der Waals surface area (Å²) in [4.78, 5) is 39.2. The Balaban J connectivity index is 0.000000453. The zero-order chi connectivity index (χ0) is 49.9. The van der Waals surface area contributed by atoms with E-state index in [1.165, 1.54) is 62.6 Å². The van der Waals surface area contributed by atoms with E-state index in [4.69, 9.17) is 0 Å². The van der Waals surface area contributed by atoms with Gasteiger partial charge in [-0.1, -0.05) is 52.0 Å². The number of aliphatic carboxylic acids is 2. The Hall–Kier alpha value is -4.52. The summed E-state index contributed by atoms with van der Waals surface area (Å²) in [5, 5.41) is 58.8. The predicted octanol–water partition coefficient (Wildman–Crippen LogP) is 2.45. The molecule has 67 heavy (non-hydrogen) atoms. The van der Waals surface area contributed by atoms with E-state index in [2.05, 4.69) is 19.9 Å². The van der Waals surface area contributed by atoms with Crippen LogP contribution in [0.25, 0.3) is 34.7 Å². The van der Waals surface area contributed by atoms with Crippen LogP contribution in [0.1, 0.15) is 101 Å². The van der Waals surface area contributed by atoms with Crippen LogP contribution in [0.3, 0.4) is 0 Å². The molecule has 360 valence electrons. The second-order valence-electron chi connectivity index (χ2n) is 15.9. The van der Waals surface area contributed by atoms with Crippen LogP contribution in [0.15, 0.2) is 60.7 Å². The molecule has 0 bridgehead atoms. The summed E-state index contributed by atoms with van der Waals surface area (Å²) in [5.74, 6) is -10.9. The first-order valence-electron chi connectivity index (χ1n) is 20.4. The van der Waals surface area contributed by atoms with Crippen molar-refractivity contribution in [3.63, 3.8) is 0 Å².